The molecule has 0 aliphatic carbocycles. The molecule has 0 bridgehead atoms. The third kappa shape index (κ3) is 10.4. The van der Waals surface area contributed by atoms with Crippen molar-refractivity contribution in [2.75, 3.05) is 6.61 Å². The summed E-state index contributed by atoms with van der Waals surface area (Å²) in [5.41, 5.74) is 1.88. The van der Waals surface area contributed by atoms with E-state index >= 15 is 0 Å². The fourth-order valence-electron chi connectivity index (χ4n) is 2.89. The van der Waals surface area contributed by atoms with Crippen LogP contribution >= 0.6 is 0 Å². The van der Waals surface area contributed by atoms with E-state index in [9.17, 15) is 9.59 Å². The molecule has 3 atom stereocenters. The third-order valence-electron chi connectivity index (χ3n) is 4.68. The van der Waals surface area contributed by atoms with Crippen molar-refractivity contribution in [3.8, 4) is 0 Å². The Morgan fingerprint density at radius 1 is 0.968 bits per heavy atom. The van der Waals surface area contributed by atoms with Gasteiger partial charge in [0, 0.05) is 12.2 Å². The number of rotatable bonds is 6. The molecule has 0 radical (unpaired) electrons. The average Bonchev–Trinajstić information content (AvgIpc) is 3.08. The molecule has 1 aliphatic rings. The van der Waals surface area contributed by atoms with Crippen LogP contribution in [-0.4, -0.2) is 35.9 Å². The van der Waals surface area contributed by atoms with Crippen LogP contribution in [0.1, 0.15) is 31.4 Å². The van der Waals surface area contributed by atoms with E-state index in [1.165, 1.54) is 6.08 Å². The molecule has 6 heteroatoms. The molecular weight excluding hydrogens is 399 g/mol. The lowest BCUT2D eigenvalue weighted by Crippen LogP contribution is -2.17. The maximum absolute atomic E-state index is 11.6. The Balaban J connectivity index is 0.000000344. The molecule has 2 aromatic rings. The van der Waals surface area contributed by atoms with Gasteiger partial charge >= 0.3 is 11.9 Å². The quantitative estimate of drug-likeness (QED) is 0.518. The van der Waals surface area contributed by atoms with Gasteiger partial charge in [-0.2, -0.15) is 0 Å². The van der Waals surface area contributed by atoms with Gasteiger partial charge in [0.2, 0.25) is 0 Å². The van der Waals surface area contributed by atoms with Gasteiger partial charge in [0.15, 0.2) is 0 Å². The summed E-state index contributed by atoms with van der Waals surface area (Å²) in [4.78, 5) is 21.7. The first kappa shape index (κ1) is 25.8. The van der Waals surface area contributed by atoms with Gasteiger partial charge in [-0.05, 0) is 42.5 Å². The van der Waals surface area contributed by atoms with Crippen LogP contribution in [0.3, 0.4) is 0 Å². The van der Waals surface area contributed by atoms with E-state index in [-0.39, 0.29) is 22.9 Å². The summed E-state index contributed by atoms with van der Waals surface area (Å²) < 4.78 is 10.9. The molecule has 31 heavy (non-hydrogen) atoms. The Kier molecular flexibility index (Phi) is 11.5. The summed E-state index contributed by atoms with van der Waals surface area (Å²) in [5.74, 6) is -0.711. The minimum atomic E-state index is -0.922. The van der Waals surface area contributed by atoms with E-state index in [2.05, 4.69) is 13.8 Å². The van der Waals surface area contributed by atoms with Gasteiger partial charge in [-0.25, -0.2) is 9.59 Å². The maximum atomic E-state index is 11.6. The minimum absolute atomic E-state index is 0. The van der Waals surface area contributed by atoms with Crippen molar-refractivity contribution >= 4 is 24.1 Å². The monoisotopic (exact) mass is 428 g/mol. The van der Waals surface area contributed by atoms with Gasteiger partial charge < -0.3 is 14.6 Å². The van der Waals surface area contributed by atoms with E-state index in [4.69, 9.17) is 14.6 Å². The molecule has 1 aliphatic heterocycles. The number of carboxylic acid groups (broad SMARTS) is 1. The van der Waals surface area contributed by atoms with Gasteiger partial charge in [-0.15, -0.1) is 0 Å². The number of ether oxygens (including phenoxy) is 2. The zero-order chi connectivity index (χ0) is 21.8. The second-order valence-corrected chi connectivity index (χ2v) is 7.13. The Morgan fingerprint density at radius 2 is 1.48 bits per heavy atom. The van der Waals surface area contributed by atoms with Crippen LogP contribution < -0.4 is 0 Å². The number of hydrogen-bond acceptors (Lipinski definition) is 4. The van der Waals surface area contributed by atoms with Crippen LogP contribution in [0.15, 0.2) is 72.8 Å². The van der Waals surface area contributed by atoms with E-state index in [1.807, 2.05) is 60.7 Å². The Bertz CT molecular complexity index is 839. The average molecular weight is 429 g/mol. The highest BCUT2D eigenvalue weighted by atomic mass is 19.0. The largest absolute Gasteiger partial charge is 0.478 e. The number of halogens is 1. The fraction of sp³-hybridized carbons (Fsp3) is 0.280. The smallest absolute Gasteiger partial charge is 0.330 e. The summed E-state index contributed by atoms with van der Waals surface area (Å²) >= 11 is 0. The maximum Gasteiger partial charge on any atom is 0.330 e. The molecule has 3 rings (SSSR count). The molecule has 0 aromatic heterocycles. The SMILES string of the molecule is CC1O[C@H](COC(=O)/C=C/c2ccccc2)C[C@@H]1C.F.O=C(O)/C=C/c1ccccc1. The summed E-state index contributed by atoms with van der Waals surface area (Å²) in [7, 11) is 0. The van der Waals surface area contributed by atoms with Crippen LogP contribution in [0.5, 0.6) is 0 Å². The van der Waals surface area contributed by atoms with Crippen LogP contribution in [0.25, 0.3) is 12.2 Å². The molecule has 5 nitrogen and oxygen atoms in total. The Labute approximate surface area is 182 Å². The summed E-state index contributed by atoms with van der Waals surface area (Å²) in [6.07, 6.45) is 7.14. The molecule has 166 valence electrons. The first-order valence-electron chi connectivity index (χ1n) is 9.95. The standard InChI is InChI=1S/C16H20O3.C9H8O2.FH/c1-12-10-15(19-13(12)2)11-18-16(17)9-8-14-6-4-3-5-7-14;10-9(11)7-6-8-4-2-1-3-5-8;/h3-9,12-13,15H,10-11H2,1-2H3;1-7H,(H,10,11);1H/b9-8+;7-6+;/t12-,13?,15-;;/m0../s1. The van der Waals surface area contributed by atoms with Gasteiger partial charge in [0.1, 0.15) is 6.61 Å². The van der Waals surface area contributed by atoms with Gasteiger partial charge in [-0.3, -0.25) is 4.70 Å². The number of carboxylic acids is 1. The van der Waals surface area contributed by atoms with Crippen LogP contribution in [-0.2, 0) is 19.1 Å². The molecule has 1 N–H and O–H groups in total. The molecule has 0 spiro atoms. The van der Waals surface area contributed by atoms with Crippen LogP contribution in [0.2, 0.25) is 0 Å². The molecule has 0 saturated carbocycles. The minimum Gasteiger partial charge on any atom is -0.478 e. The summed E-state index contributed by atoms with van der Waals surface area (Å²) in [5, 5.41) is 8.29. The van der Waals surface area contributed by atoms with E-state index < -0.39 is 5.97 Å². The summed E-state index contributed by atoms with van der Waals surface area (Å²) in [6, 6.07) is 19.0. The zero-order valence-electron chi connectivity index (χ0n) is 17.7. The zero-order valence-corrected chi connectivity index (χ0v) is 17.7. The van der Waals surface area contributed by atoms with E-state index in [0.717, 1.165) is 23.6 Å². The van der Waals surface area contributed by atoms with Crippen LogP contribution in [0.4, 0.5) is 4.70 Å². The highest BCUT2D eigenvalue weighted by Gasteiger charge is 2.29. The predicted molar refractivity (Wildman–Crippen MR) is 120 cm³/mol. The molecule has 1 heterocycles. The number of esters is 1. The second-order valence-electron chi connectivity index (χ2n) is 7.13. The molecule has 1 saturated heterocycles. The second kappa shape index (κ2) is 13.9. The van der Waals surface area contributed by atoms with E-state index in [1.54, 1.807) is 12.2 Å². The molecule has 1 unspecified atom stereocenters. The lowest BCUT2D eigenvalue weighted by Gasteiger charge is -2.10. The van der Waals surface area contributed by atoms with Crippen molar-refractivity contribution < 1.29 is 28.9 Å². The van der Waals surface area contributed by atoms with Crippen molar-refractivity contribution in [2.24, 2.45) is 5.92 Å². The first-order chi connectivity index (χ1) is 14.4. The normalized spacial score (nSPS) is 20.0. The van der Waals surface area contributed by atoms with Gasteiger partial charge in [-0.1, -0.05) is 67.6 Å². The predicted octanol–water partition coefficient (Wildman–Crippen LogP) is 4.99. The lowest BCUT2D eigenvalue weighted by atomic mass is 10.0. The van der Waals surface area contributed by atoms with Crippen molar-refractivity contribution in [1.29, 1.82) is 0 Å². The highest BCUT2D eigenvalue weighted by Crippen LogP contribution is 2.25. The third-order valence-corrected chi connectivity index (χ3v) is 4.68. The number of carbonyl (C=O) groups is 2. The number of aliphatic carboxylic acids is 1. The van der Waals surface area contributed by atoms with Crippen molar-refractivity contribution in [2.45, 2.75) is 32.5 Å². The molecule has 2 aromatic carbocycles. The topological polar surface area (TPSA) is 72.8 Å². The highest BCUT2D eigenvalue weighted by molar-refractivity contribution is 5.87. The van der Waals surface area contributed by atoms with Crippen molar-refractivity contribution in [3.05, 3.63) is 83.9 Å². The summed E-state index contributed by atoms with van der Waals surface area (Å²) in [6.45, 7) is 4.55. The van der Waals surface area contributed by atoms with Crippen molar-refractivity contribution in [1.82, 2.24) is 0 Å². The molecular formula is C25H29FO5. The van der Waals surface area contributed by atoms with Gasteiger partial charge in [0.05, 0.1) is 12.2 Å². The van der Waals surface area contributed by atoms with Crippen molar-refractivity contribution in [3.63, 3.8) is 0 Å². The molecule has 1 fully saturated rings. The number of carbonyl (C=O) groups excluding carboxylic acids is 1. The number of benzene rings is 2. The number of hydrogen-bond donors (Lipinski definition) is 1. The first-order valence-corrected chi connectivity index (χ1v) is 9.95. The fourth-order valence-corrected chi connectivity index (χ4v) is 2.89. The van der Waals surface area contributed by atoms with E-state index in [0.29, 0.717) is 12.5 Å². The Hall–Kier alpha value is -3.25. The Morgan fingerprint density at radius 3 is 1.94 bits per heavy atom. The lowest BCUT2D eigenvalue weighted by molar-refractivity contribution is -0.141. The van der Waals surface area contributed by atoms with Crippen LogP contribution in [0, 0.1) is 5.92 Å². The molecule has 0 amide bonds. The van der Waals surface area contributed by atoms with Gasteiger partial charge in [0.25, 0.3) is 0 Å².